The van der Waals surface area contributed by atoms with Crippen LogP contribution in [-0.2, 0) is 0 Å². The number of benzene rings is 1. The Morgan fingerprint density at radius 3 is 2.76 bits per heavy atom. The number of rotatable bonds is 3. The number of carbonyl (C=O) groups excluding carboxylic acids is 1. The molecular weight excluding hydrogens is 373 g/mol. The summed E-state index contributed by atoms with van der Waals surface area (Å²) in [7, 11) is 0. The third kappa shape index (κ3) is 4.58. The highest BCUT2D eigenvalue weighted by Gasteiger charge is 2.35. The molecule has 2 aliphatic heterocycles. The van der Waals surface area contributed by atoms with Crippen LogP contribution < -0.4 is 20.3 Å². The smallest absolute Gasteiger partial charge is 0.315 e. The lowest BCUT2D eigenvalue weighted by Gasteiger charge is -2.38. The molecular formula is C21H26FN5O2. The van der Waals surface area contributed by atoms with Crippen molar-refractivity contribution in [1.82, 2.24) is 20.8 Å². The number of nitrogens with zero attached hydrogens (tertiary/aromatic N) is 3. The van der Waals surface area contributed by atoms with Crippen molar-refractivity contribution >= 4 is 11.8 Å². The fraction of sp³-hybridized carbons (Fsp3) is 0.476. The minimum atomic E-state index is -0.485. The fourth-order valence-electron chi connectivity index (χ4n) is 4.05. The molecule has 2 aliphatic rings. The van der Waals surface area contributed by atoms with Crippen LogP contribution in [-0.4, -0.2) is 41.0 Å². The van der Waals surface area contributed by atoms with Gasteiger partial charge in [-0.1, -0.05) is 6.07 Å². The molecule has 8 heteroatoms. The molecule has 2 N–H and O–H groups in total. The van der Waals surface area contributed by atoms with Gasteiger partial charge >= 0.3 is 6.03 Å². The number of urea groups is 1. The van der Waals surface area contributed by atoms with E-state index in [1.54, 1.807) is 12.3 Å². The van der Waals surface area contributed by atoms with E-state index in [0.717, 1.165) is 37.3 Å². The van der Waals surface area contributed by atoms with Crippen LogP contribution in [0.15, 0.2) is 36.5 Å². The van der Waals surface area contributed by atoms with Crippen molar-refractivity contribution in [3.63, 3.8) is 0 Å². The van der Waals surface area contributed by atoms with Gasteiger partial charge < -0.3 is 20.3 Å². The molecule has 0 aliphatic carbocycles. The van der Waals surface area contributed by atoms with Gasteiger partial charge in [0, 0.05) is 43.4 Å². The summed E-state index contributed by atoms with van der Waals surface area (Å²) in [6.45, 7) is 5.51. The Balaban J connectivity index is 1.35. The monoisotopic (exact) mass is 399 g/mol. The van der Waals surface area contributed by atoms with Crippen LogP contribution in [0.5, 0.6) is 5.75 Å². The molecule has 7 nitrogen and oxygen atoms in total. The zero-order valence-electron chi connectivity index (χ0n) is 16.7. The molecule has 4 rings (SSSR count). The number of amides is 2. The maximum absolute atomic E-state index is 13.6. The predicted octanol–water partition coefficient (Wildman–Crippen LogP) is 3.19. The van der Waals surface area contributed by atoms with Crippen LogP contribution in [0, 0.1) is 5.82 Å². The van der Waals surface area contributed by atoms with Gasteiger partial charge in [0.25, 0.3) is 0 Å². The summed E-state index contributed by atoms with van der Waals surface area (Å²) in [5.41, 5.74) is 0.319. The number of nitrogens with one attached hydrogen (secondary N) is 2. The van der Waals surface area contributed by atoms with Gasteiger partial charge in [0.15, 0.2) is 5.82 Å². The van der Waals surface area contributed by atoms with Gasteiger partial charge in [-0.05, 0) is 44.9 Å². The van der Waals surface area contributed by atoms with E-state index >= 15 is 0 Å². The van der Waals surface area contributed by atoms with Gasteiger partial charge in [-0.25, -0.2) is 9.18 Å². The van der Waals surface area contributed by atoms with Crippen LogP contribution in [0.4, 0.5) is 15.0 Å². The Morgan fingerprint density at radius 1 is 1.24 bits per heavy atom. The van der Waals surface area contributed by atoms with Crippen LogP contribution >= 0.6 is 0 Å². The Kier molecular flexibility index (Phi) is 5.25. The second-order valence-corrected chi connectivity index (χ2v) is 8.26. The third-order valence-corrected chi connectivity index (χ3v) is 5.45. The molecule has 3 heterocycles. The molecule has 0 spiro atoms. The first-order valence-electron chi connectivity index (χ1n) is 9.98. The number of fused-ring (bicyclic) bond motifs is 1. The zero-order chi connectivity index (χ0) is 20.4. The summed E-state index contributed by atoms with van der Waals surface area (Å²) in [6.07, 6.45) is 3.95. The van der Waals surface area contributed by atoms with Crippen molar-refractivity contribution in [2.45, 2.75) is 50.8 Å². The van der Waals surface area contributed by atoms with E-state index in [-0.39, 0.29) is 23.9 Å². The SMILES string of the molecule is CC1(C)CC(NC(=O)NC2CCN(c3cccnn3)CC2)c2ccc(F)cc2O1. The number of hydrogen-bond acceptors (Lipinski definition) is 5. The fourth-order valence-corrected chi connectivity index (χ4v) is 4.05. The molecule has 1 unspecified atom stereocenters. The molecule has 1 fully saturated rings. The normalized spacial score (nSPS) is 21.1. The number of halogens is 1. The first-order valence-corrected chi connectivity index (χ1v) is 9.98. The summed E-state index contributed by atoms with van der Waals surface area (Å²) < 4.78 is 19.5. The summed E-state index contributed by atoms with van der Waals surface area (Å²) in [5, 5.41) is 14.2. The van der Waals surface area contributed by atoms with Crippen molar-refractivity contribution in [1.29, 1.82) is 0 Å². The predicted molar refractivity (Wildman–Crippen MR) is 107 cm³/mol. The van der Waals surface area contributed by atoms with Gasteiger partial charge in [-0.15, -0.1) is 5.10 Å². The Labute approximate surface area is 169 Å². The number of hydrogen-bond donors (Lipinski definition) is 2. The average Bonchev–Trinajstić information content (AvgIpc) is 2.68. The summed E-state index contributed by atoms with van der Waals surface area (Å²) in [4.78, 5) is 14.8. The number of ether oxygens (including phenoxy) is 1. The second-order valence-electron chi connectivity index (χ2n) is 8.26. The highest BCUT2D eigenvalue weighted by Crippen LogP contribution is 2.39. The number of carbonyl (C=O) groups is 1. The van der Waals surface area contributed by atoms with Gasteiger partial charge in [-0.3, -0.25) is 0 Å². The molecule has 1 saturated heterocycles. The molecule has 29 heavy (non-hydrogen) atoms. The zero-order valence-corrected chi connectivity index (χ0v) is 16.7. The van der Waals surface area contributed by atoms with Gasteiger partial charge in [0.1, 0.15) is 17.2 Å². The van der Waals surface area contributed by atoms with E-state index in [0.29, 0.717) is 12.2 Å². The maximum Gasteiger partial charge on any atom is 0.315 e. The van der Waals surface area contributed by atoms with Crippen molar-refractivity contribution < 1.29 is 13.9 Å². The van der Waals surface area contributed by atoms with Crippen molar-refractivity contribution in [2.75, 3.05) is 18.0 Å². The maximum atomic E-state index is 13.6. The largest absolute Gasteiger partial charge is 0.487 e. The number of anilines is 1. The lowest BCUT2D eigenvalue weighted by Crippen LogP contribution is -2.50. The third-order valence-electron chi connectivity index (χ3n) is 5.45. The molecule has 2 aromatic rings. The van der Waals surface area contributed by atoms with Gasteiger partial charge in [0.05, 0.1) is 6.04 Å². The molecule has 0 bridgehead atoms. The van der Waals surface area contributed by atoms with E-state index in [1.165, 1.54) is 12.1 Å². The number of aromatic nitrogens is 2. The molecule has 154 valence electrons. The van der Waals surface area contributed by atoms with Crippen molar-refractivity contribution in [2.24, 2.45) is 0 Å². The van der Waals surface area contributed by atoms with E-state index < -0.39 is 5.60 Å². The van der Waals surface area contributed by atoms with Gasteiger partial charge in [-0.2, -0.15) is 5.10 Å². The average molecular weight is 399 g/mol. The lowest BCUT2D eigenvalue weighted by molar-refractivity contribution is 0.0673. The molecule has 1 aromatic carbocycles. The Morgan fingerprint density at radius 2 is 2.03 bits per heavy atom. The molecule has 1 atom stereocenters. The highest BCUT2D eigenvalue weighted by molar-refractivity contribution is 5.75. The summed E-state index contributed by atoms with van der Waals surface area (Å²) in [5.74, 6) is 1.01. The standard InChI is InChI=1S/C21H26FN5O2/c1-21(2)13-17(16-6-5-14(22)12-18(16)29-21)25-20(28)24-15-7-10-27(11-8-15)19-4-3-9-23-26-19/h3-6,9,12,15,17H,7-8,10-11,13H2,1-2H3,(H2,24,25,28). The molecule has 0 radical (unpaired) electrons. The number of piperidine rings is 1. The van der Waals surface area contributed by atoms with Gasteiger partial charge in [0.2, 0.25) is 0 Å². The van der Waals surface area contributed by atoms with E-state index in [2.05, 4.69) is 25.7 Å². The van der Waals surface area contributed by atoms with E-state index in [1.807, 2.05) is 26.0 Å². The minimum Gasteiger partial charge on any atom is -0.487 e. The van der Waals surface area contributed by atoms with Crippen LogP contribution in [0.25, 0.3) is 0 Å². The van der Waals surface area contributed by atoms with E-state index in [4.69, 9.17) is 4.74 Å². The van der Waals surface area contributed by atoms with Crippen molar-refractivity contribution in [3.8, 4) is 5.75 Å². The molecule has 0 saturated carbocycles. The highest BCUT2D eigenvalue weighted by atomic mass is 19.1. The first-order chi connectivity index (χ1) is 13.9. The molecule has 1 aromatic heterocycles. The quantitative estimate of drug-likeness (QED) is 0.829. The summed E-state index contributed by atoms with van der Waals surface area (Å²) >= 11 is 0. The minimum absolute atomic E-state index is 0.100. The van der Waals surface area contributed by atoms with Crippen LogP contribution in [0.2, 0.25) is 0 Å². The summed E-state index contributed by atoms with van der Waals surface area (Å²) in [6, 6.07) is 7.95. The first kappa shape index (κ1) is 19.4. The lowest BCUT2D eigenvalue weighted by atomic mass is 9.89. The topological polar surface area (TPSA) is 79.4 Å². The second kappa shape index (κ2) is 7.85. The van der Waals surface area contributed by atoms with Crippen molar-refractivity contribution in [3.05, 3.63) is 47.9 Å². The Bertz CT molecular complexity index is 869. The Hall–Kier alpha value is -2.90. The van der Waals surface area contributed by atoms with E-state index in [9.17, 15) is 9.18 Å². The van der Waals surface area contributed by atoms with Crippen LogP contribution in [0.1, 0.15) is 44.7 Å². The van der Waals surface area contributed by atoms with Crippen LogP contribution in [0.3, 0.4) is 0 Å². The molecule has 2 amide bonds.